The molecule has 1 aliphatic heterocycles. The number of benzene rings is 1. The molecular weight excluding hydrogens is 273 g/mol. The van der Waals surface area contributed by atoms with Gasteiger partial charge in [0.15, 0.2) is 12.2 Å². The van der Waals surface area contributed by atoms with Crippen molar-refractivity contribution in [2.24, 2.45) is 0 Å². The van der Waals surface area contributed by atoms with E-state index >= 15 is 0 Å². The van der Waals surface area contributed by atoms with Crippen LogP contribution >= 0.6 is 0 Å². The quantitative estimate of drug-likeness (QED) is 0.417. The molecule has 1 aromatic carbocycles. The zero-order valence-electron chi connectivity index (χ0n) is 9.83. The molecule has 104 valence electrons. The zero-order chi connectivity index (χ0) is 14.9. The Morgan fingerprint density at radius 1 is 1.20 bits per heavy atom. The second-order valence-corrected chi connectivity index (χ2v) is 3.97. The van der Waals surface area contributed by atoms with Crippen molar-refractivity contribution >= 4 is 30.2 Å². The summed E-state index contributed by atoms with van der Waals surface area (Å²) in [6.07, 6.45) is -3.34. The molecule has 20 heavy (non-hydrogen) atoms. The van der Waals surface area contributed by atoms with E-state index in [1.165, 1.54) is 18.2 Å². The molecule has 1 saturated heterocycles. The maximum Gasteiger partial charge on any atom is 0.495 e. The van der Waals surface area contributed by atoms with Gasteiger partial charge >= 0.3 is 19.1 Å². The number of rotatable bonds is 4. The highest BCUT2D eigenvalue weighted by atomic mass is 16.7. The Morgan fingerprint density at radius 2 is 1.75 bits per heavy atom. The van der Waals surface area contributed by atoms with Crippen LogP contribution in [-0.2, 0) is 18.9 Å². The predicted molar refractivity (Wildman–Crippen MR) is 63.5 cm³/mol. The van der Waals surface area contributed by atoms with Crippen molar-refractivity contribution in [3.63, 3.8) is 0 Å². The molecule has 0 saturated carbocycles. The number of nitrogens with zero attached hydrogens (tertiary/aromatic N) is 1. The summed E-state index contributed by atoms with van der Waals surface area (Å²) in [6.45, 7) is 0. The minimum absolute atomic E-state index is 0.175. The Bertz CT molecular complexity index is 554. The average Bonchev–Trinajstić information content (AvgIpc) is 2.84. The summed E-state index contributed by atoms with van der Waals surface area (Å²) in [6, 6.07) is 5.15. The molecule has 1 fully saturated rings. The third-order valence-electron chi connectivity index (χ3n) is 2.66. The number of aliphatic carboxylic acids is 2. The Balaban J connectivity index is 2.27. The molecule has 1 aliphatic rings. The number of carboxylic acid groups (broad SMARTS) is 2. The smallest absolute Gasteiger partial charge is 0.479 e. The number of non-ortho nitro benzene ring substituents is 1. The number of hydrogen-bond donors (Lipinski definition) is 2. The second kappa shape index (κ2) is 5.27. The first-order valence-corrected chi connectivity index (χ1v) is 5.41. The van der Waals surface area contributed by atoms with Crippen LogP contribution in [0.5, 0.6) is 0 Å². The summed E-state index contributed by atoms with van der Waals surface area (Å²) in [7, 11) is -1.28. The minimum Gasteiger partial charge on any atom is -0.479 e. The summed E-state index contributed by atoms with van der Waals surface area (Å²) in [4.78, 5) is 31.8. The van der Waals surface area contributed by atoms with Crippen LogP contribution < -0.4 is 5.46 Å². The Kier molecular flexibility index (Phi) is 3.68. The Labute approximate surface area is 112 Å². The van der Waals surface area contributed by atoms with Crippen molar-refractivity contribution in [3.8, 4) is 0 Å². The molecule has 0 radical (unpaired) electrons. The van der Waals surface area contributed by atoms with E-state index in [-0.39, 0.29) is 11.2 Å². The molecule has 0 aliphatic carbocycles. The number of nitro benzene ring substituents is 1. The van der Waals surface area contributed by atoms with E-state index in [0.29, 0.717) is 0 Å². The number of carbonyl (C=O) groups is 2. The maximum absolute atomic E-state index is 10.9. The standard InChI is InChI=1S/C10H8BNO8/c13-9(14)7-8(10(15)16)20-11(19-7)5-2-1-3-6(4-5)12(17)18/h1-4,7-8H,(H,13,14)(H,15,16). The average molecular weight is 281 g/mol. The minimum atomic E-state index is -1.67. The zero-order valence-corrected chi connectivity index (χ0v) is 9.83. The molecule has 1 heterocycles. The van der Waals surface area contributed by atoms with Crippen molar-refractivity contribution < 1.29 is 34.0 Å². The lowest BCUT2D eigenvalue weighted by Gasteiger charge is -2.08. The van der Waals surface area contributed by atoms with Crippen molar-refractivity contribution in [1.82, 2.24) is 0 Å². The molecule has 2 unspecified atom stereocenters. The van der Waals surface area contributed by atoms with Gasteiger partial charge in [-0.05, 0) is 5.46 Å². The predicted octanol–water partition coefficient (Wildman–Crippen LogP) is -0.757. The van der Waals surface area contributed by atoms with Gasteiger partial charge in [0.25, 0.3) is 5.69 Å². The summed E-state index contributed by atoms with van der Waals surface area (Å²) in [5, 5.41) is 28.4. The molecule has 10 heteroatoms. The Morgan fingerprint density at radius 3 is 2.20 bits per heavy atom. The SMILES string of the molecule is O=C(O)C1OB(c2cccc([N+](=O)[O-])c2)OC1C(=O)O. The van der Waals surface area contributed by atoms with Gasteiger partial charge in [0.1, 0.15) is 0 Å². The normalized spacial score (nSPS) is 21.7. The first-order valence-electron chi connectivity index (χ1n) is 5.41. The molecule has 0 spiro atoms. The second-order valence-electron chi connectivity index (χ2n) is 3.97. The van der Waals surface area contributed by atoms with Gasteiger partial charge in [-0.2, -0.15) is 0 Å². The lowest BCUT2D eigenvalue weighted by Crippen LogP contribution is -2.36. The van der Waals surface area contributed by atoms with Crippen LogP contribution in [0.3, 0.4) is 0 Å². The van der Waals surface area contributed by atoms with Gasteiger partial charge in [-0.25, -0.2) is 9.59 Å². The molecular formula is C10H8BNO8. The van der Waals surface area contributed by atoms with Crippen LogP contribution in [0, 0.1) is 10.1 Å². The van der Waals surface area contributed by atoms with Crippen LogP contribution in [0.2, 0.25) is 0 Å². The molecule has 2 rings (SSSR count). The van der Waals surface area contributed by atoms with Crippen molar-refractivity contribution in [3.05, 3.63) is 34.4 Å². The van der Waals surface area contributed by atoms with Crippen LogP contribution in [0.15, 0.2) is 24.3 Å². The van der Waals surface area contributed by atoms with Crippen LogP contribution in [-0.4, -0.2) is 46.4 Å². The van der Waals surface area contributed by atoms with Crippen molar-refractivity contribution in [2.75, 3.05) is 0 Å². The molecule has 2 atom stereocenters. The van der Waals surface area contributed by atoms with E-state index < -0.39 is 36.2 Å². The molecule has 0 aromatic heterocycles. The number of nitro groups is 1. The summed E-state index contributed by atoms with van der Waals surface area (Å²) in [5.41, 5.74) is -0.0606. The lowest BCUT2D eigenvalue weighted by atomic mass is 9.79. The molecule has 9 nitrogen and oxygen atoms in total. The van der Waals surface area contributed by atoms with E-state index in [9.17, 15) is 19.7 Å². The van der Waals surface area contributed by atoms with Gasteiger partial charge in [-0.3, -0.25) is 10.1 Å². The number of carboxylic acids is 2. The van der Waals surface area contributed by atoms with E-state index in [1.807, 2.05) is 0 Å². The van der Waals surface area contributed by atoms with E-state index in [1.54, 1.807) is 0 Å². The van der Waals surface area contributed by atoms with Gasteiger partial charge in [-0.15, -0.1) is 0 Å². The first-order chi connectivity index (χ1) is 9.40. The monoisotopic (exact) mass is 281 g/mol. The highest BCUT2D eigenvalue weighted by Crippen LogP contribution is 2.19. The topological polar surface area (TPSA) is 136 Å². The van der Waals surface area contributed by atoms with Crippen LogP contribution in [0.4, 0.5) is 5.69 Å². The molecule has 2 N–H and O–H groups in total. The van der Waals surface area contributed by atoms with Crippen LogP contribution in [0.25, 0.3) is 0 Å². The van der Waals surface area contributed by atoms with Gasteiger partial charge in [-0.1, -0.05) is 12.1 Å². The largest absolute Gasteiger partial charge is 0.495 e. The van der Waals surface area contributed by atoms with E-state index in [4.69, 9.17) is 19.5 Å². The first kappa shape index (κ1) is 14.0. The maximum atomic E-state index is 10.9. The third kappa shape index (κ3) is 2.60. The van der Waals surface area contributed by atoms with E-state index in [2.05, 4.69) is 0 Å². The molecule has 0 amide bonds. The highest BCUT2D eigenvalue weighted by Gasteiger charge is 2.48. The van der Waals surface area contributed by atoms with Crippen molar-refractivity contribution in [2.45, 2.75) is 12.2 Å². The van der Waals surface area contributed by atoms with E-state index in [0.717, 1.165) is 6.07 Å². The summed E-state index contributed by atoms with van der Waals surface area (Å²) in [5.74, 6) is -2.96. The highest BCUT2D eigenvalue weighted by molar-refractivity contribution is 6.62. The van der Waals surface area contributed by atoms with Crippen LogP contribution in [0.1, 0.15) is 0 Å². The fourth-order valence-corrected chi connectivity index (χ4v) is 1.76. The van der Waals surface area contributed by atoms with Gasteiger partial charge in [0.2, 0.25) is 0 Å². The number of hydrogen-bond acceptors (Lipinski definition) is 6. The van der Waals surface area contributed by atoms with Gasteiger partial charge in [0.05, 0.1) is 4.92 Å². The summed E-state index contributed by atoms with van der Waals surface area (Å²) >= 11 is 0. The molecule has 1 aromatic rings. The Hall–Kier alpha value is -2.46. The fourth-order valence-electron chi connectivity index (χ4n) is 1.76. The van der Waals surface area contributed by atoms with Gasteiger partial charge < -0.3 is 19.5 Å². The van der Waals surface area contributed by atoms with Crippen molar-refractivity contribution in [1.29, 1.82) is 0 Å². The molecule has 0 bridgehead atoms. The van der Waals surface area contributed by atoms with Gasteiger partial charge in [0, 0.05) is 12.1 Å². The fraction of sp³-hybridized carbons (Fsp3) is 0.200. The lowest BCUT2D eigenvalue weighted by molar-refractivity contribution is -0.384. The summed E-state index contributed by atoms with van der Waals surface area (Å²) < 4.78 is 9.98. The third-order valence-corrected chi connectivity index (χ3v) is 2.66.